The first-order valence-corrected chi connectivity index (χ1v) is 7.15. The fourth-order valence-corrected chi connectivity index (χ4v) is 2.24. The van der Waals surface area contributed by atoms with Crippen LogP contribution in [0.3, 0.4) is 0 Å². The average molecular weight is 334 g/mol. The molecular weight excluding hydrogens is 318 g/mol. The highest BCUT2D eigenvalue weighted by molar-refractivity contribution is 9.10. The van der Waals surface area contributed by atoms with Gasteiger partial charge in [-0.3, -0.25) is 9.78 Å². The van der Waals surface area contributed by atoms with Crippen molar-refractivity contribution in [2.24, 2.45) is 0 Å². The number of hydrogen-bond acceptors (Lipinski definition) is 3. The lowest BCUT2D eigenvalue weighted by molar-refractivity contribution is 0.102. The van der Waals surface area contributed by atoms with Gasteiger partial charge in [0.15, 0.2) is 0 Å². The maximum atomic E-state index is 12.4. The summed E-state index contributed by atoms with van der Waals surface area (Å²) in [5.74, 6) is -0.108. The number of nitrogens with zero attached hydrogens (tertiary/aromatic N) is 1. The zero-order valence-electron chi connectivity index (χ0n) is 11.2. The number of carbonyl (C=O) groups is 1. The van der Waals surface area contributed by atoms with Gasteiger partial charge in [0.25, 0.3) is 5.91 Å². The van der Waals surface area contributed by atoms with Gasteiger partial charge < -0.3 is 10.6 Å². The minimum absolute atomic E-state index is 0.108. The van der Waals surface area contributed by atoms with Crippen molar-refractivity contribution >= 4 is 27.5 Å². The fraction of sp³-hybridized carbons (Fsp3) is 0.200. The number of likely N-dealkylation sites (N-methyl/N-ethyl adjacent to an activating group) is 1. The number of hydrogen-bond donors (Lipinski definition) is 2. The molecule has 1 amide bonds. The number of benzene rings is 1. The summed E-state index contributed by atoms with van der Waals surface area (Å²) in [6.45, 7) is 0.837. The maximum Gasteiger partial charge on any atom is 0.255 e. The van der Waals surface area contributed by atoms with Crippen molar-refractivity contribution in [3.8, 4) is 0 Å². The third-order valence-corrected chi connectivity index (χ3v) is 3.56. The molecule has 0 spiro atoms. The fourth-order valence-electron chi connectivity index (χ4n) is 1.89. The van der Waals surface area contributed by atoms with Gasteiger partial charge in [0, 0.05) is 18.0 Å². The summed E-state index contributed by atoms with van der Waals surface area (Å²) in [6.07, 6.45) is 4.12. The molecule has 2 aromatic rings. The maximum absolute atomic E-state index is 12.4. The molecule has 4 nitrogen and oxygen atoms in total. The van der Waals surface area contributed by atoms with Crippen LogP contribution in [0, 0.1) is 0 Å². The lowest BCUT2D eigenvalue weighted by Crippen LogP contribution is -2.17. The van der Waals surface area contributed by atoms with Crippen LogP contribution in [0.15, 0.2) is 47.2 Å². The zero-order valence-corrected chi connectivity index (χ0v) is 12.8. The Balaban J connectivity index is 2.19. The highest BCUT2D eigenvalue weighted by Crippen LogP contribution is 2.21. The Labute approximate surface area is 126 Å². The molecule has 0 saturated carbocycles. The second-order valence-electron chi connectivity index (χ2n) is 4.32. The summed E-state index contributed by atoms with van der Waals surface area (Å²) in [5, 5.41) is 5.99. The summed E-state index contributed by atoms with van der Waals surface area (Å²) in [4.78, 5) is 16.4. The standard InChI is InChI=1S/C15H16BrN3O/c1-17-8-6-11-4-2-3-5-12(11)15(20)19-14-7-9-18-10-13(14)16/h2-5,7,9-10,17H,6,8H2,1H3,(H,18,19,20). The van der Waals surface area contributed by atoms with E-state index in [1.165, 1.54) is 0 Å². The van der Waals surface area contributed by atoms with E-state index in [2.05, 4.69) is 31.5 Å². The van der Waals surface area contributed by atoms with E-state index < -0.39 is 0 Å². The molecule has 0 unspecified atom stereocenters. The van der Waals surface area contributed by atoms with Crippen LogP contribution in [0.5, 0.6) is 0 Å². The summed E-state index contributed by atoms with van der Waals surface area (Å²) >= 11 is 3.37. The Morgan fingerprint density at radius 1 is 1.30 bits per heavy atom. The predicted molar refractivity (Wildman–Crippen MR) is 84.0 cm³/mol. The van der Waals surface area contributed by atoms with Crippen molar-refractivity contribution in [3.05, 3.63) is 58.3 Å². The van der Waals surface area contributed by atoms with Gasteiger partial charge in [-0.1, -0.05) is 18.2 Å². The summed E-state index contributed by atoms with van der Waals surface area (Å²) in [6, 6.07) is 9.41. The van der Waals surface area contributed by atoms with Crippen LogP contribution in [-0.2, 0) is 6.42 Å². The van der Waals surface area contributed by atoms with E-state index >= 15 is 0 Å². The summed E-state index contributed by atoms with van der Waals surface area (Å²) < 4.78 is 0.765. The molecule has 0 saturated heterocycles. The van der Waals surface area contributed by atoms with Crippen LogP contribution in [0.2, 0.25) is 0 Å². The number of nitrogens with one attached hydrogen (secondary N) is 2. The first kappa shape index (κ1) is 14.7. The molecule has 20 heavy (non-hydrogen) atoms. The largest absolute Gasteiger partial charge is 0.321 e. The molecule has 1 aromatic carbocycles. The van der Waals surface area contributed by atoms with Crippen molar-refractivity contribution in [1.29, 1.82) is 0 Å². The lowest BCUT2D eigenvalue weighted by atomic mass is 10.0. The quantitative estimate of drug-likeness (QED) is 0.884. The molecule has 2 rings (SSSR count). The van der Waals surface area contributed by atoms with Crippen molar-refractivity contribution in [2.45, 2.75) is 6.42 Å². The van der Waals surface area contributed by atoms with Crippen molar-refractivity contribution in [3.63, 3.8) is 0 Å². The molecule has 104 valence electrons. The highest BCUT2D eigenvalue weighted by atomic mass is 79.9. The molecule has 5 heteroatoms. The predicted octanol–water partition coefficient (Wildman–Crippen LogP) is 2.86. The van der Waals surface area contributed by atoms with Gasteiger partial charge in [0.2, 0.25) is 0 Å². The van der Waals surface area contributed by atoms with E-state index in [-0.39, 0.29) is 5.91 Å². The third kappa shape index (κ3) is 3.65. The van der Waals surface area contributed by atoms with Gasteiger partial charge in [-0.25, -0.2) is 0 Å². The van der Waals surface area contributed by atoms with Crippen LogP contribution in [0.1, 0.15) is 15.9 Å². The number of carbonyl (C=O) groups excluding carboxylic acids is 1. The van der Waals surface area contributed by atoms with Crippen LogP contribution in [-0.4, -0.2) is 24.5 Å². The van der Waals surface area contributed by atoms with Crippen LogP contribution < -0.4 is 10.6 Å². The van der Waals surface area contributed by atoms with Gasteiger partial charge in [0.1, 0.15) is 0 Å². The van der Waals surface area contributed by atoms with E-state index in [0.29, 0.717) is 11.3 Å². The lowest BCUT2D eigenvalue weighted by Gasteiger charge is -2.11. The van der Waals surface area contributed by atoms with E-state index in [4.69, 9.17) is 0 Å². The second-order valence-corrected chi connectivity index (χ2v) is 5.17. The minimum atomic E-state index is -0.108. The van der Waals surface area contributed by atoms with E-state index in [0.717, 1.165) is 23.0 Å². The number of amides is 1. The normalized spacial score (nSPS) is 10.3. The topological polar surface area (TPSA) is 54.0 Å². The first-order chi connectivity index (χ1) is 9.72. The second kappa shape index (κ2) is 7.17. The molecule has 0 radical (unpaired) electrons. The van der Waals surface area contributed by atoms with Gasteiger partial charge in [0.05, 0.1) is 10.2 Å². The number of halogens is 1. The third-order valence-electron chi connectivity index (χ3n) is 2.93. The van der Waals surface area contributed by atoms with Crippen LogP contribution >= 0.6 is 15.9 Å². The Morgan fingerprint density at radius 2 is 2.10 bits per heavy atom. The highest BCUT2D eigenvalue weighted by Gasteiger charge is 2.12. The van der Waals surface area contributed by atoms with Gasteiger partial charge in [-0.15, -0.1) is 0 Å². The number of anilines is 1. The first-order valence-electron chi connectivity index (χ1n) is 6.35. The van der Waals surface area contributed by atoms with Gasteiger partial charge in [-0.2, -0.15) is 0 Å². The van der Waals surface area contributed by atoms with Crippen LogP contribution in [0.25, 0.3) is 0 Å². The monoisotopic (exact) mass is 333 g/mol. The van der Waals surface area contributed by atoms with Crippen molar-refractivity contribution < 1.29 is 4.79 Å². The average Bonchev–Trinajstić information content (AvgIpc) is 2.47. The van der Waals surface area contributed by atoms with Crippen molar-refractivity contribution in [2.75, 3.05) is 18.9 Å². The molecule has 0 aliphatic carbocycles. The number of pyridine rings is 1. The SMILES string of the molecule is CNCCc1ccccc1C(=O)Nc1ccncc1Br. The Bertz CT molecular complexity index is 601. The molecule has 0 atom stereocenters. The molecule has 2 N–H and O–H groups in total. The number of aromatic nitrogens is 1. The molecule has 1 aromatic heterocycles. The van der Waals surface area contributed by atoms with Gasteiger partial charge in [-0.05, 0) is 53.6 Å². The Hall–Kier alpha value is -1.72. The van der Waals surface area contributed by atoms with Crippen molar-refractivity contribution in [1.82, 2.24) is 10.3 Å². The molecule has 0 bridgehead atoms. The van der Waals surface area contributed by atoms with E-state index in [1.807, 2.05) is 31.3 Å². The van der Waals surface area contributed by atoms with E-state index in [1.54, 1.807) is 18.5 Å². The number of rotatable bonds is 5. The molecule has 0 aliphatic rings. The summed E-state index contributed by atoms with van der Waals surface area (Å²) in [5.41, 5.74) is 2.45. The van der Waals surface area contributed by atoms with E-state index in [9.17, 15) is 4.79 Å². The Kier molecular flexibility index (Phi) is 5.26. The zero-order chi connectivity index (χ0) is 14.4. The van der Waals surface area contributed by atoms with Crippen LogP contribution in [0.4, 0.5) is 5.69 Å². The summed E-state index contributed by atoms with van der Waals surface area (Å²) in [7, 11) is 1.90. The molecule has 0 aliphatic heterocycles. The smallest absolute Gasteiger partial charge is 0.255 e. The Morgan fingerprint density at radius 3 is 2.85 bits per heavy atom. The van der Waals surface area contributed by atoms with Gasteiger partial charge >= 0.3 is 0 Å². The molecule has 0 fully saturated rings. The minimum Gasteiger partial charge on any atom is -0.321 e. The molecule has 1 heterocycles. The molecular formula is C15H16BrN3O.